The van der Waals surface area contributed by atoms with Crippen LogP contribution in [0.5, 0.6) is 0 Å². The van der Waals surface area contributed by atoms with Gasteiger partial charge >= 0.3 is 0 Å². The standard InChI is InChI=1S/C18H17FN2O3S2/c1-11-9-15-16(10-12(11)2)25-18(20-15)21-17(22)7-8-26(23,24)14-5-3-13(19)4-6-14/h3-6,9-10H,7-8H2,1-2H3,(H,20,21,22). The van der Waals surface area contributed by atoms with E-state index < -0.39 is 21.6 Å². The molecule has 1 amide bonds. The molecule has 0 aliphatic carbocycles. The molecule has 0 fully saturated rings. The molecule has 0 saturated heterocycles. The summed E-state index contributed by atoms with van der Waals surface area (Å²) in [7, 11) is -3.64. The Morgan fingerprint density at radius 2 is 1.81 bits per heavy atom. The molecule has 136 valence electrons. The molecule has 0 saturated carbocycles. The lowest BCUT2D eigenvalue weighted by atomic mass is 10.1. The number of carbonyl (C=O) groups is 1. The summed E-state index contributed by atoms with van der Waals surface area (Å²) < 4.78 is 38.3. The first-order valence-electron chi connectivity index (χ1n) is 7.90. The van der Waals surface area contributed by atoms with Crippen LogP contribution in [-0.4, -0.2) is 25.1 Å². The fourth-order valence-corrected chi connectivity index (χ4v) is 4.60. The number of nitrogens with zero attached hydrogens (tertiary/aromatic N) is 1. The predicted molar refractivity (Wildman–Crippen MR) is 101 cm³/mol. The highest BCUT2D eigenvalue weighted by molar-refractivity contribution is 7.91. The summed E-state index contributed by atoms with van der Waals surface area (Å²) in [5.74, 6) is -1.29. The van der Waals surface area contributed by atoms with E-state index in [0.717, 1.165) is 33.5 Å². The lowest BCUT2D eigenvalue weighted by Crippen LogP contribution is -2.17. The summed E-state index contributed by atoms with van der Waals surface area (Å²) in [6.45, 7) is 4.00. The van der Waals surface area contributed by atoms with E-state index in [-0.39, 0.29) is 17.1 Å². The minimum absolute atomic E-state index is 0.00219. The van der Waals surface area contributed by atoms with Crippen LogP contribution >= 0.6 is 11.3 Å². The molecule has 5 nitrogen and oxygen atoms in total. The van der Waals surface area contributed by atoms with Crippen LogP contribution in [0.4, 0.5) is 9.52 Å². The molecular formula is C18H17FN2O3S2. The Morgan fingerprint density at radius 3 is 2.50 bits per heavy atom. The number of hydrogen-bond donors (Lipinski definition) is 1. The topological polar surface area (TPSA) is 76.1 Å². The van der Waals surface area contributed by atoms with Crippen molar-refractivity contribution < 1.29 is 17.6 Å². The number of anilines is 1. The van der Waals surface area contributed by atoms with Gasteiger partial charge in [0, 0.05) is 6.42 Å². The van der Waals surface area contributed by atoms with Crippen molar-refractivity contribution in [3.8, 4) is 0 Å². The number of aryl methyl sites for hydroxylation is 2. The fraction of sp³-hybridized carbons (Fsp3) is 0.222. The monoisotopic (exact) mass is 392 g/mol. The number of benzene rings is 2. The molecule has 8 heteroatoms. The van der Waals surface area contributed by atoms with Crippen LogP contribution in [0, 0.1) is 19.7 Å². The molecule has 1 heterocycles. The summed E-state index contributed by atoms with van der Waals surface area (Å²) in [6, 6.07) is 8.52. The van der Waals surface area contributed by atoms with Crippen LogP contribution in [0.2, 0.25) is 0 Å². The average Bonchev–Trinajstić information content (AvgIpc) is 2.95. The summed E-state index contributed by atoms with van der Waals surface area (Å²) in [4.78, 5) is 16.4. The first-order chi connectivity index (χ1) is 12.2. The van der Waals surface area contributed by atoms with E-state index in [2.05, 4.69) is 10.3 Å². The summed E-state index contributed by atoms with van der Waals surface area (Å²) in [6.07, 6.45) is -0.201. The van der Waals surface area contributed by atoms with Gasteiger partial charge in [-0.2, -0.15) is 0 Å². The zero-order chi connectivity index (χ0) is 18.9. The number of carbonyl (C=O) groups excluding carboxylic acids is 1. The van der Waals surface area contributed by atoms with Gasteiger partial charge in [-0.05, 0) is 61.4 Å². The first-order valence-corrected chi connectivity index (χ1v) is 10.4. The number of aromatic nitrogens is 1. The molecule has 1 N–H and O–H groups in total. The molecule has 0 radical (unpaired) electrons. The van der Waals surface area contributed by atoms with Crippen molar-refractivity contribution in [3.63, 3.8) is 0 Å². The fourth-order valence-electron chi connectivity index (χ4n) is 2.40. The van der Waals surface area contributed by atoms with Gasteiger partial charge in [-0.3, -0.25) is 4.79 Å². The Bertz CT molecular complexity index is 1030. The van der Waals surface area contributed by atoms with E-state index in [0.29, 0.717) is 5.13 Å². The molecular weight excluding hydrogens is 375 g/mol. The maximum atomic E-state index is 12.9. The Hall–Kier alpha value is -2.32. The molecule has 3 aromatic rings. The smallest absolute Gasteiger partial charge is 0.227 e. The lowest BCUT2D eigenvalue weighted by Gasteiger charge is -2.04. The van der Waals surface area contributed by atoms with Gasteiger partial charge in [-0.25, -0.2) is 17.8 Å². The molecule has 0 spiro atoms. The van der Waals surface area contributed by atoms with Crippen LogP contribution < -0.4 is 5.32 Å². The largest absolute Gasteiger partial charge is 0.302 e. The molecule has 3 rings (SSSR count). The van der Waals surface area contributed by atoms with Crippen LogP contribution in [0.25, 0.3) is 10.2 Å². The number of halogens is 1. The normalized spacial score (nSPS) is 11.7. The van der Waals surface area contributed by atoms with Gasteiger partial charge in [0.1, 0.15) is 5.82 Å². The van der Waals surface area contributed by atoms with Gasteiger partial charge in [-0.1, -0.05) is 11.3 Å². The molecule has 0 bridgehead atoms. The third-order valence-electron chi connectivity index (χ3n) is 4.02. The minimum atomic E-state index is -3.64. The van der Waals surface area contributed by atoms with Gasteiger partial charge in [0.15, 0.2) is 15.0 Å². The first kappa shape index (κ1) is 18.5. The zero-order valence-corrected chi connectivity index (χ0v) is 15.9. The number of amides is 1. The van der Waals surface area contributed by atoms with E-state index >= 15 is 0 Å². The molecule has 0 unspecified atom stereocenters. The highest BCUT2D eigenvalue weighted by Crippen LogP contribution is 2.28. The Balaban J connectivity index is 1.66. The second-order valence-electron chi connectivity index (χ2n) is 5.99. The Labute approximate surface area is 154 Å². The highest BCUT2D eigenvalue weighted by Gasteiger charge is 2.17. The Morgan fingerprint density at radius 1 is 1.15 bits per heavy atom. The van der Waals surface area contributed by atoms with Crippen molar-refractivity contribution >= 4 is 42.4 Å². The number of hydrogen-bond acceptors (Lipinski definition) is 5. The van der Waals surface area contributed by atoms with Crippen molar-refractivity contribution in [2.75, 3.05) is 11.1 Å². The average molecular weight is 392 g/mol. The van der Waals surface area contributed by atoms with Gasteiger partial charge in [0.25, 0.3) is 0 Å². The second-order valence-corrected chi connectivity index (χ2v) is 9.13. The van der Waals surface area contributed by atoms with E-state index in [1.807, 2.05) is 26.0 Å². The van der Waals surface area contributed by atoms with Crippen LogP contribution in [0.3, 0.4) is 0 Å². The summed E-state index contributed by atoms with van der Waals surface area (Å²) >= 11 is 1.35. The molecule has 0 aliphatic heterocycles. The van der Waals surface area contributed by atoms with Crippen LogP contribution in [0.15, 0.2) is 41.3 Å². The van der Waals surface area contributed by atoms with Gasteiger partial charge in [-0.15, -0.1) is 0 Å². The van der Waals surface area contributed by atoms with Gasteiger partial charge < -0.3 is 5.32 Å². The van der Waals surface area contributed by atoms with Crippen LogP contribution in [-0.2, 0) is 14.6 Å². The molecule has 26 heavy (non-hydrogen) atoms. The van der Waals surface area contributed by atoms with E-state index in [9.17, 15) is 17.6 Å². The van der Waals surface area contributed by atoms with Gasteiger partial charge in [0.2, 0.25) is 5.91 Å². The lowest BCUT2D eigenvalue weighted by molar-refractivity contribution is -0.115. The number of nitrogens with one attached hydrogen (secondary N) is 1. The SMILES string of the molecule is Cc1cc2nc(NC(=O)CCS(=O)(=O)c3ccc(F)cc3)sc2cc1C. The predicted octanol–water partition coefficient (Wildman–Crippen LogP) is 3.85. The third-order valence-corrected chi connectivity index (χ3v) is 6.69. The number of rotatable bonds is 5. The molecule has 2 aromatic carbocycles. The molecule has 0 aliphatic rings. The second kappa shape index (κ2) is 7.13. The Kier molecular flexibility index (Phi) is 5.06. The molecule has 1 aromatic heterocycles. The quantitative estimate of drug-likeness (QED) is 0.669. The summed E-state index contributed by atoms with van der Waals surface area (Å²) in [5.41, 5.74) is 3.06. The molecule has 0 atom stereocenters. The van der Waals surface area contributed by atoms with Crippen molar-refractivity contribution in [2.24, 2.45) is 0 Å². The van der Waals surface area contributed by atoms with Crippen LogP contribution in [0.1, 0.15) is 17.5 Å². The maximum Gasteiger partial charge on any atom is 0.227 e. The highest BCUT2D eigenvalue weighted by atomic mass is 32.2. The third kappa shape index (κ3) is 4.08. The van der Waals surface area contributed by atoms with E-state index in [1.165, 1.54) is 23.5 Å². The minimum Gasteiger partial charge on any atom is -0.302 e. The van der Waals surface area contributed by atoms with Crippen molar-refractivity contribution in [1.82, 2.24) is 4.98 Å². The number of sulfone groups is 1. The number of thiazole rings is 1. The van der Waals surface area contributed by atoms with Crippen molar-refractivity contribution in [2.45, 2.75) is 25.2 Å². The van der Waals surface area contributed by atoms with Crippen molar-refractivity contribution in [1.29, 1.82) is 0 Å². The maximum absolute atomic E-state index is 12.9. The number of fused-ring (bicyclic) bond motifs is 1. The van der Waals surface area contributed by atoms with E-state index in [1.54, 1.807) is 0 Å². The summed E-state index contributed by atoms with van der Waals surface area (Å²) in [5, 5.41) is 3.09. The zero-order valence-electron chi connectivity index (χ0n) is 14.2. The van der Waals surface area contributed by atoms with E-state index in [4.69, 9.17) is 0 Å². The van der Waals surface area contributed by atoms with Crippen molar-refractivity contribution in [3.05, 3.63) is 53.3 Å². The van der Waals surface area contributed by atoms with Gasteiger partial charge in [0.05, 0.1) is 20.9 Å².